The number of ether oxygens (including phenoxy) is 3. The molecule has 1 aromatic rings. The SMILES string of the molecule is CCOC(=O)C(=O)C(NC(=O)OC(C)(C)C)c1ccc(OC)cc1. The topological polar surface area (TPSA) is 90.9 Å². The van der Waals surface area contributed by atoms with Crippen LogP contribution in [0.25, 0.3) is 0 Å². The molecule has 0 aromatic heterocycles. The fourth-order valence-corrected chi connectivity index (χ4v) is 1.84. The maximum absolute atomic E-state index is 12.3. The van der Waals surface area contributed by atoms with Crippen LogP contribution in [0.2, 0.25) is 0 Å². The second-order valence-corrected chi connectivity index (χ2v) is 5.94. The zero-order chi connectivity index (χ0) is 18.3. The highest BCUT2D eigenvalue weighted by atomic mass is 16.6. The number of amides is 1. The smallest absolute Gasteiger partial charge is 0.408 e. The summed E-state index contributed by atoms with van der Waals surface area (Å²) in [6, 6.07) is 5.20. The molecule has 24 heavy (non-hydrogen) atoms. The molecule has 7 nitrogen and oxygen atoms in total. The summed E-state index contributed by atoms with van der Waals surface area (Å²) in [7, 11) is 1.51. The molecule has 0 saturated heterocycles. The minimum Gasteiger partial charge on any atom is -0.497 e. The third kappa shape index (κ3) is 5.91. The fourth-order valence-electron chi connectivity index (χ4n) is 1.84. The number of rotatable bonds is 6. The highest BCUT2D eigenvalue weighted by Crippen LogP contribution is 2.20. The molecule has 1 amide bonds. The summed E-state index contributed by atoms with van der Waals surface area (Å²) in [5.41, 5.74) is -0.318. The van der Waals surface area contributed by atoms with Crippen LogP contribution < -0.4 is 10.1 Å². The van der Waals surface area contributed by atoms with E-state index in [1.165, 1.54) is 7.11 Å². The molecule has 0 saturated carbocycles. The van der Waals surface area contributed by atoms with Crippen molar-refractivity contribution < 1.29 is 28.6 Å². The Balaban J connectivity index is 3.04. The van der Waals surface area contributed by atoms with E-state index in [0.29, 0.717) is 11.3 Å². The molecule has 0 aliphatic carbocycles. The molecule has 1 N–H and O–H groups in total. The van der Waals surface area contributed by atoms with Crippen molar-refractivity contribution in [3.8, 4) is 5.75 Å². The van der Waals surface area contributed by atoms with Gasteiger partial charge in [0.25, 0.3) is 5.78 Å². The van der Waals surface area contributed by atoms with Crippen LogP contribution in [0.4, 0.5) is 4.79 Å². The van der Waals surface area contributed by atoms with Crippen molar-refractivity contribution in [3.63, 3.8) is 0 Å². The summed E-state index contributed by atoms with van der Waals surface area (Å²) in [5.74, 6) is -1.32. The van der Waals surface area contributed by atoms with Gasteiger partial charge in [-0.1, -0.05) is 12.1 Å². The first-order valence-electron chi connectivity index (χ1n) is 7.52. The number of methoxy groups -OCH3 is 1. The lowest BCUT2D eigenvalue weighted by Gasteiger charge is -2.23. The number of carbonyl (C=O) groups is 3. The summed E-state index contributed by atoms with van der Waals surface area (Å²) in [6.07, 6.45) is -0.805. The quantitative estimate of drug-likeness (QED) is 0.633. The van der Waals surface area contributed by atoms with Crippen LogP contribution in [0.1, 0.15) is 39.3 Å². The average Bonchev–Trinajstić information content (AvgIpc) is 2.50. The van der Waals surface area contributed by atoms with Gasteiger partial charge in [0.05, 0.1) is 13.7 Å². The van der Waals surface area contributed by atoms with Gasteiger partial charge in [-0.25, -0.2) is 9.59 Å². The number of benzene rings is 1. The molecule has 1 atom stereocenters. The van der Waals surface area contributed by atoms with Crippen molar-refractivity contribution >= 4 is 17.8 Å². The number of hydrogen-bond donors (Lipinski definition) is 1. The minimum absolute atomic E-state index is 0.0618. The molecular weight excluding hydrogens is 314 g/mol. The van der Waals surface area contributed by atoms with Crippen LogP contribution in [0, 0.1) is 0 Å². The first-order chi connectivity index (χ1) is 11.2. The largest absolute Gasteiger partial charge is 0.497 e. The Hall–Kier alpha value is -2.57. The maximum Gasteiger partial charge on any atom is 0.408 e. The van der Waals surface area contributed by atoms with Gasteiger partial charge in [-0.3, -0.25) is 4.79 Å². The van der Waals surface area contributed by atoms with Crippen molar-refractivity contribution in [3.05, 3.63) is 29.8 Å². The van der Waals surface area contributed by atoms with E-state index in [1.54, 1.807) is 52.0 Å². The Morgan fingerprint density at radius 2 is 1.71 bits per heavy atom. The minimum atomic E-state index is -1.20. The number of Topliss-reactive ketones (excluding diaryl/α,β-unsaturated/α-hetero) is 1. The molecule has 0 spiro atoms. The van der Waals surface area contributed by atoms with Crippen molar-refractivity contribution in [2.45, 2.75) is 39.3 Å². The van der Waals surface area contributed by atoms with E-state index in [-0.39, 0.29) is 6.61 Å². The van der Waals surface area contributed by atoms with Gasteiger partial charge in [0.2, 0.25) is 0 Å². The zero-order valence-corrected chi connectivity index (χ0v) is 14.5. The molecule has 7 heteroatoms. The normalized spacial score (nSPS) is 12.0. The Labute approximate surface area is 141 Å². The molecule has 0 radical (unpaired) electrons. The van der Waals surface area contributed by atoms with Crippen LogP contribution in [0.5, 0.6) is 5.75 Å². The molecule has 1 unspecified atom stereocenters. The summed E-state index contributed by atoms with van der Waals surface area (Å²) >= 11 is 0. The maximum atomic E-state index is 12.3. The van der Waals surface area contributed by atoms with Crippen molar-refractivity contribution in [1.29, 1.82) is 0 Å². The lowest BCUT2D eigenvalue weighted by atomic mass is 10.0. The highest BCUT2D eigenvalue weighted by Gasteiger charge is 2.31. The van der Waals surface area contributed by atoms with Crippen LogP contribution in [0.3, 0.4) is 0 Å². The molecule has 1 rings (SSSR count). The summed E-state index contributed by atoms with van der Waals surface area (Å²) < 4.78 is 14.9. The number of alkyl carbamates (subject to hydrolysis) is 1. The van der Waals surface area contributed by atoms with Gasteiger partial charge in [0.15, 0.2) is 0 Å². The highest BCUT2D eigenvalue weighted by molar-refractivity contribution is 6.36. The van der Waals surface area contributed by atoms with E-state index in [0.717, 1.165) is 0 Å². The number of hydrogen-bond acceptors (Lipinski definition) is 6. The van der Waals surface area contributed by atoms with Crippen LogP contribution in [-0.4, -0.2) is 37.2 Å². The standard InChI is InChI=1S/C17H23NO6/c1-6-23-15(20)14(19)13(18-16(21)24-17(2,3)4)11-7-9-12(22-5)10-8-11/h7-10,13H,6H2,1-5H3,(H,18,21). The van der Waals surface area contributed by atoms with Gasteiger partial charge < -0.3 is 19.5 Å². The van der Waals surface area contributed by atoms with Gasteiger partial charge in [-0.2, -0.15) is 0 Å². The molecule has 0 heterocycles. The molecule has 0 bridgehead atoms. The number of ketones is 1. The Bertz CT molecular complexity index is 588. The predicted octanol–water partition coefficient (Wildman–Crippen LogP) is 2.39. The van der Waals surface area contributed by atoms with E-state index in [9.17, 15) is 14.4 Å². The second kappa shape index (κ2) is 8.33. The van der Waals surface area contributed by atoms with Gasteiger partial charge in [-0.05, 0) is 45.4 Å². The summed E-state index contributed by atoms with van der Waals surface area (Å²) in [6.45, 7) is 6.74. The number of esters is 1. The number of nitrogens with one attached hydrogen (secondary N) is 1. The Morgan fingerprint density at radius 3 is 2.17 bits per heavy atom. The average molecular weight is 337 g/mol. The van der Waals surface area contributed by atoms with Gasteiger partial charge in [0.1, 0.15) is 17.4 Å². The third-order valence-corrected chi connectivity index (χ3v) is 2.85. The third-order valence-electron chi connectivity index (χ3n) is 2.85. The van der Waals surface area contributed by atoms with Crippen molar-refractivity contribution in [2.75, 3.05) is 13.7 Å². The van der Waals surface area contributed by atoms with E-state index in [2.05, 4.69) is 5.32 Å². The fraction of sp³-hybridized carbons (Fsp3) is 0.471. The van der Waals surface area contributed by atoms with Crippen LogP contribution in [0.15, 0.2) is 24.3 Å². The molecule has 0 aliphatic rings. The molecule has 1 aromatic carbocycles. The van der Waals surface area contributed by atoms with Gasteiger partial charge in [0, 0.05) is 0 Å². The van der Waals surface area contributed by atoms with Crippen LogP contribution in [-0.2, 0) is 19.1 Å². The van der Waals surface area contributed by atoms with Crippen LogP contribution >= 0.6 is 0 Å². The summed E-state index contributed by atoms with van der Waals surface area (Å²) in [5, 5.41) is 2.41. The predicted molar refractivity (Wildman–Crippen MR) is 86.7 cm³/mol. The lowest BCUT2D eigenvalue weighted by Crippen LogP contribution is -2.40. The van der Waals surface area contributed by atoms with E-state index in [1.807, 2.05) is 0 Å². The molecule has 132 valence electrons. The molecular formula is C17H23NO6. The molecule has 0 aliphatic heterocycles. The van der Waals surface area contributed by atoms with Crippen molar-refractivity contribution in [1.82, 2.24) is 5.32 Å². The second-order valence-electron chi connectivity index (χ2n) is 5.94. The lowest BCUT2D eigenvalue weighted by molar-refractivity contribution is -0.154. The van der Waals surface area contributed by atoms with E-state index < -0.39 is 29.5 Å². The van der Waals surface area contributed by atoms with Gasteiger partial charge >= 0.3 is 12.1 Å². The van der Waals surface area contributed by atoms with Gasteiger partial charge in [-0.15, -0.1) is 0 Å². The summed E-state index contributed by atoms with van der Waals surface area (Å²) in [4.78, 5) is 36.1. The molecule has 0 fully saturated rings. The number of carbonyl (C=O) groups excluding carboxylic acids is 3. The Kier molecular flexibility index (Phi) is 6.76. The van der Waals surface area contributed by atoms with E-state index in [4.69, 9.17) is 14.2 Å². The zero-order valence-electron chi connectivity index (χ0n) is 14.5. The Morgan fingerprint density at radius 1 is 1.12 bits per heavy atom. The first-order valence-corrected chi connectivity index (χ1v) is 7.52. The van der Waals surface area contributed by atoms with E-state index >= 15 is 0 Å². The van der Waals surface area contributed by atoms with Crippen molar-refractivity contribution in [2.24, 2.45) is 0 Å². The first kappa shape index (κ1) is 19.5. The monoisotopic (exact) mass is 337 g/mol.